The quantitative estimate of drug-likeness (QED) is 0.592. The average Bonchev–Trinajstić information content (AvgIpc) is 3.13. The zero-order chi connectivity index (χ0) is 18.6. The first-order valence-electron chi connectivity index (χ1n) is 8.56. The van der Waals surface area contributed by atoms with Crippen LogP contribution in [0.3, 0.4) is 0 Å². The molecule has 27 heavy (non-hydrogen) atoms. The van der Waals surface area contributed by atoms with E-state index in [0.717, 1.165) is 16.6 Å². The van der Waals surface area contributed by atoms with Crippen LogP contribution in [0.2, 0.25) is 0 Å². The Kier molecular flexibility index (Phi) is 4.61. The number of hydrogen-bond acceptors (Lipinski definition) is 3. The van der Waals surface area contributed by atoms with Gasteiger partial charge in [-0.25, -0.2) is 9.37 Å². The molecular formula is C21H17FN4O. The highest BCUT2D eigenvalue weighted by molar-refractivity contribution is 5.94. The van der Waals surface area contributed by atoms with Gasteiger partial charge in [-0.1, -0.05) is 12.1 Å². The largest absolute Gasteiger partial charge is 0.350 e. The number of nitrogens with zero attached hydrogens (tertiary/aromatic N) is 3. The van der Waals surface area contributed by atoms with Gasteiger partial charge in [0.05, 0.1) is 11.0 Å². The second-order valence-electron chi connectivity index (χ2n) is 6.24. The van der Waals surface area contributed by atoms with E-state index >= 15 is 0 Å². The highest BCUT2D eigenvalue weighted by Gasteiger charge is 2.09. The Balaban J connectivity index is 1.39. The summed E-state index contributed by atoms with van der Waals surface area (Å²) in [6.45, 7) is 0.965. The lowest BCUT2D eigenvalue weighted by Crippen LogP contribution is -2.23. The number of amides is 1. The van der Waals surface area contributed by atoms with Crippen molar-refractivity contribution in [3.05, 3.63) is 95.8 Å². The number of carbonyl (C=O) groups is 1. The van der Waals surface area contributed by atoms with Crippen molar-refractivity contribution in [2.24, 2.45) is 0 Å². The minimum atomic E-state index is -0.245. The summed E-state index contributed by atoms with van der Waals surface area (Å²) in [6.07, 6.45) is 5.54. The normalized spacial score (nSPS) is 10.9. The molecule has 0 aliphatic heterocycles. The molecule has 4 aromatic rings. The number of pyridine rings is 2. The van der Waals surface area contributed by atoms with Gasteiger partial charge in [0.15, 0.2) is 0 Å². The summed E-state index contributed by atoms with van der Waals surface area (Å²) in [5.41, 5.74) is 3.64. The molecule has 0 radical (unpaired) electrons. The summed E-state index contributed by atoms with van der Waals surface area (Å²) in [6, 6.07) is 15.5. The van der Waals surface area contributed by atoms with Crippen LogP contribution in [0.5, 0.6) is 0 Å². The summed E-state index contributed by atoms with van der Waals surface area (Å²) in [5, 5.41) is 2.87. The lowest BCUT2D eigenvalue weighted by molar-refractivity contribution is 0.0946. The Labute approximate surface area is 155 Å². The van der Waals surface area contributed by atoms with E-state index in [0.29, 0.717) is 24.3 Å². The van der Waals surface area contributed by atoms with Crippen molar-refractivity contribution in [2.75, 3.05) is 0 Å². The smallest absolute Gasteiger partial charge is 0.270 e. The molecule has 0 bridgehead atoms. The first-order chi connectivity index (χ1) is 13.2. The lowest BCUT2D eigenvalue weighted by atomic mass is 10.2. The van der Waals surface area contributed by atoms with E-state index in [-0.39, 0.29) is 11.7 Å². The second-order valence-corrected chi connectivity index (χ2v) is 6.24. The third kappa shape index (κ3) is 4.00. The van der Waals surface area contributed by atoms with E-state index in [2.05, 4.69) is 15.3 Å². The molecular weight excluding hydrogens is 343 g/mol. The zero-order valence-electron chi connectivity index (χ0n) is 14.5. The molecule has 6 heteroatoms. The van der Waals surface area contributed by atoms with Crippen LogP contribution in [0, 0.1) is 5.82 Å². The van der Waals surface area contributed by atoms with Gasteiger partial charge >= 0.3 is 0 Å². The van der Waals surface area contributed by atoms with Gasteiger partial charge in [0, 0.05) is 31.7 Å². The van der Waals surface area contributed by atoms with Gasteiger partial charge in [0.1, 0.15) is 11.5 Å². The van der Waals surface area contributed by atoms with E-state index in [4.69, 9.17) is 0 Å². The van der Waals surface area contributed by atoms with E-state index in [9.17, 15) is 9.18 Å². The van der Waals surface area contributed by atoms with Crippen LogP contribution >= 0.6 is 0 Å². The maximum atomic E-state index is 13.3. The molecule has 0 unspecified atom stereocenters. The van der Waals surface area contributed by atoms with Gasteiger partial charge in [-0.3, -0.25) is 9.78 Å². The number of benzene rings is 1. The topological polar surface area (TPSA) is 59.8 Å². The molecule has 0 atom stereocenters. The predicted octanol–water partition coefficient (Wildman–Crippen LogP) is 3.55. The molecule has 1 aromatic carbocycles. The third-order valence-corrected chi connectivity index (χ3v) is 4.21. The van der Waals surface area contributed by atoms with Crippen molar-refractivity contribution in [3.63, 3.8) is 0 Å². The van der Waals surface area contributed by atoms with Crippen LogP contribution in [-0.4, -0.2) is 20.4 Å². The molecule has 134 valence electrons. The van der Waals surface area contributed by atoms with Gasteiger partial charge < -0.3 is 9.88 Å². The first-order valence-corrected chi connectivity index (χ1v) is 8.56. The Morgan fingerprint density at radius 3 is 2.85 bits per heavy atom. The average molecular weight is 360 g/mol. The van der Waals surface area contributed by atoms with Crippen molar-refractivity contribution in [2.45, 2.75) is 13.1 Å². The number of rotatable bonds is 5. The molecule has 0 saturated heterocycles. The summed E-state index contributed by atoms with van der Waals surface area (Å²) >= 11 is 0. The van der Waals surface area contributed by atoms with Crippen molar-refractivity contribution in [1.29, 1.82) is 0 Å². The first kappa shape index (κ1) is 16.9. The fraction of sp³-hybridized carbons (Fsp3) is 0.0952. The number of fused-ring (bicyclic) bond motifs is 1. The molecule has 4 rings (SSSR count). The third-order valence-electron chi connectivity index (χ3n) is 4.21. The van der Waals surface area contributed by atoms with Gasteiger partial charge in [0.2, 0.25) is 0 Å². The van der Waals surface area contributed by atoms with Crippen LogP contribution in [0.25, 0.3) is 11.0 Å². The predicted molar refractivity (Wildman–Crippen MR) is 101 cm³/mol. The van der Waals surface area contributed by atoms with Gasteiger partial charge in [-0.05, 0) is 53.6 Å². The monoisotopic (exact) mass is 360 g/mol. The Hall–Kier alpha value is -3.54. The number of carbonyl (C=O) groups excluding carboxylic acids is 1. The van der Waals surface area contributed by atoms with Crippen LogP contribution in [0.15, 0.2) is 73.2 Å². The van der Waals surface area contributed by atoms with E-state index in [1.807, 2.05) is 35.2 Å². The van der Waals surface area contributed by atoms with Crippen molar-refractivity contribution in [1.82, 2.24) is 19.9 Å². The summed E-state index contributed by atoms with van der Waals surface area (Å²) in [7, 11) is 0. The molecule has 0 saturated carbocycles. The molecule has 0 spiro atoms. The van der Waals surface area contributed by atoms with Crippen LogP contribution < -0.4 is 5.32 Å². The molecule has 0 fully saturated rings. The number of aromatic nitrogens is 3. The van der Waals surface area contributed by atoms with Gasteiger partial charge in [-0.2, -0.15) is 0 Å². The summed E-state index contributed by atoms with van der Waals surface area (Å²) < 4.78 is 15.2. The van der Waals surface area contributed by atoms with E-state index in [1.54, 1.807) is 30.5 Å². The van der Waals surface area contributed by atoms with Crippen LogP contribution in [0.4, 0.5) is 4.39 Å². The van der Waals surface area contributed by atoms with Crippen molar-refractivity contribution in [3.8, 4) is 0 Å². The Bertz CT molecular complexity index is 1110. The number of nitrogens with one attached hydrogen (secondary N) is 1. The fourth-order valence-corrected chi connectivity index (χ4v) is 2.90. The molecule has 0 aliphatic carbocycles. The summed E-state index contributed by atoms with van der Waals surface area (Å²) in [4.78, 5) is 20.9. The highest BCUT2D eigenvalue weighted by atomic mass is 19.1. The SMILES string of the molecule is O=C(NCc1ccn(Cc2cccc(F)c2)c1)c1ccc2ncccc2n1. The molecule has 3 aromatic heterocycles. The minimum absolute atomic E-state index is 0.237. The second kappa shape index (κ2) is 7.37. The highest BCUT2D eigenvalue weighted by Crippen LogP contribution is 2.10. The Morgan fingerprint density at radius 1 is 1.04 bits per heavy atom. The molecule has 3 heterocycles. The van der Waals surface area contributed by atoms with Gasteiger partial charge in [0.25, 0.3) is 5.91 Å². The molecule has 0 aliphatic rings. The van der Waals surface area contributed by atoms with E-state index in [1.165, 1.54) is 12.1 Å². The van der Waals surface area contributed by atoms with Gasteiger partial charge in [-0.15, -0.1) is 0 Å². The van der Waals surface area contributed by atoms with Crippen molar-refractivity contribution < 1.29 is 9.18 Å². The summed E-state index contributed by atoms with van der Waals surface area (Å²) in [5.74, 6) is -0.483. The minimum Gasteiger partial charge on any atom is -0.350 e. The van der Waals surface area contributed by atoms with Crippen LogP contribution in [-0.2, 0) is 13.1 Å². The standard InChI is InChI=1S/C21H17FN4O/c22-17-4-1-3-15(11-17)13-26-10-8-16(14-26)12-24-21(27)20-7-6-18-19(25-20)5-2-9-23-18/h1-11,14H,12-13H2,(H,24,27). The zero-order valence-corrected chi connectivity index (χ0v) is 14.5. The molecule has 1 N–H and O–H groups in total. The lowest BCUT2D eigenvalue weighted by Gasteiger charge is -2.05. The van der Waals surface area contributed by atoms with Crippen LogP contribution in [0.1, 0.15) is 21.6 Å². The Morgan fingerprint density at radius 2 is 1.96 bits per heavy atom. The van der Waals surface area contributed by atoms with Crippen molar-refractivity contribution >= 4 is 16.9 Å². The fourth-order valence-electron chi connectivity index (χ4n) is 2.90. The maximum Gasteiger partial charge on any atom is 0.270 e. The molecule has 1 amide bonds. The number of hydrogen-bond donors (Lipinski definition) is 1. The maximum absolute atomic E-state index is 13.3. The molecule has 5 nitrogen and oxygen atoms in total. The van der Waals surface area contributed by atoms with E-state index < -0.39 is 0 Å². The number of halogens is 1.